The van der Waals surface area contributed by atoms with Gasteiger partial charge in [-0.2, -0.15) is 9.78 Å². The molecule has 1 fully saturated rings. The molecule has 1 unspecified atom stereocenters. The fourth-order valence-corrected chi connectivity index (χ4v) is 4.36. The smallest absolute Gasteiger partial charge is 0.345 e. The molecular formula is C23H24ClN5O3. The first-order chi connectivity index (χ1) is 15.4. The van der Waals surface area contributed by atoms with Gasteiger partial charge in [-0.1, -0.05) is 60.7 Å². The lowest BCUT2D eigenvalue weighted by atomic mass is 9.81. The van der Waals surface area contributed by atoms with Gasteiger partial charge in [0.1, 0.15) is 6.20 Å². The second kappa shape index (κ2) is 9.48. The number of carbonyl (C=O) groups excluding carboxylic acids is 1. The fraction of sp³-hybridized carbons (Fsp3) is 0.348. The number of nitrogens with zero attached hydrogens (tertiary/aromatic N) is 3. The average Bonchev–Trinajstić information content (AvgIpc) is 2.79. The third kappa shape index (κ3) is 4.80. The Morgan fingerprint density at radius 3 is 2.56 bits per heavy atom. The second-order valence-corrected chi connectivity index (χ2v) is 8.54. The zero-order valence-electron chi connectivity index (χ0n) is 17.7. The standard InChI is InChI=1S/C23H24ClN5O3/c1-14-7-9-16(10-8-14)21(15-5-3-2-4-6-15)28-22(31)17-11-19(25-12-18(17)24)29-23(32)27-20(30)13-26-29/h7-13,15,21H,2-6H2,1H3,(H,28,31)(H,27,30,32). The van der Waals surface area contributed by atoms with Gasteiger partial charge in [0.15, 0.2) is 5.82 Å². The van der Waals surface area contributed by atoms with Crippen molar-refractivity contribution in [3.05, 3.63) is 85.3 Å². The lowest BCUT2D eigenvalue weighted by Crippen LogP contribution is -2.35. The number of hydrogen-bond donors (Lipinski definition) is 2. The maximum atomic E-state index is 13.3. The first-order valence-corrected chi connectivity index (χ1v) is 11.0. The van der Waals surface area contributed by atoms with Crippen molar-refractivity contribution in [2.24, 2.45) is 5.92 Å². The van der Waals surface area contributed by atoms with Gasteiger partial charge in [-0.3, -0.25) is 14.6 Å². The number of carbonyl (C=O) groups is 1. The summed E-state index contributed by atoms with van der Waals surface area (Å²) in [5.74, 6) is 0.0663. The third-order valence-electron chi connectivity index (χ3n) is 5.86. The molecule has 0 radical (unpaired) electrons. The van der Waals surface area contributed by atoms with Crippen LogP contribution >= 0.6 is 11.6 Å². The minimum atomic E-state index is -0.751. The highest BCUT2D eigenvalue weighted by Gasteiger charge is 2.28. The number of rotatable bonds is 5. The molecule has 4 rings (SSSR count). The van der Waals surface area contributed by atoms with Gasteiger partial charge in [0.2, 0.25) is 0 Å². The molecular weight excluding hydrogens is 430 g/mol. The molecule has 1 amide bonds. The Hall–Kier alpha value is -3.26. The van der Waals surface area contributed by atoms with E-state index in [9.17, 15) is 14.4 Å². The van der Waals surface area contributed by atoms with E-state index in [0.717, 1.165) is 47.7 Å². The van der Waals surface area contributed by atoms with Crippen LogP contribution in [-0.4, -0.2) is 25.7 Å². The Kier molecular flexibility index (Phi) is 6.50. The minimum Gasteiger partial charge on any atom is -0.345 e. The molecule has 166 valence electrons. The lowest BCUT2D eigenvalue weighted by molar-refractivity contribution is 0.0912. The molecule has 0 spiro atoms. The van der Waals surface area contributed by atoms with Crippen LogP contribution in [0.15, 0.2) is 52.3 Å². The number of H-pyrrole nitrogens is 1. The van der Waals surface area contributed by atoms with Crippen LogP contribution < -0.4 is 16.6 Å². The van der Waals surface area contributed by atoms with Gasteiger partial charge in [0.05, 0.1) is 16.6 Å². The zero-order valence-corrected chi connectivity index (χ0v) is 18.4. The Bertz CT molecular complexity index is 1230. The molecule has 2 aromatic heterocycles. The summed E-state index contributed by atoms with van der Waals surface area (Å²) in [7, 11) is 0. The maximum absolute atomic E-state index is 13.3. The third-order valence-corrected chi connectivity index (χ3v) is 6.16. The summed E-state index contributed by atoms with van der Waals surface area (Å²) in [5, 5.41) is 7.12. The molecule has 2 heterocycles. The van der Waals surface area contributed by atoms with Crippen LogP contribution in [0, 0.1) is 12.8 Å². The molecule has 8 nitrogen and oxygen atoms in total. The van der Waals surface area contributed by atoms with Crippen LogP contribution in [0.25, 0.3) is 5.82 Å². The summed E-state index contributed by atoms with van der Waals surface area (Å²) in [5.41, 5.74) is 1.03. The van der Waals surface area contributed by atoms with Gasteiger partial charge >= 0.3 is 5.69 Å². The van der Waals surface area contributed by atoms with E-state index in [1.165, 1.54) is 18.7 Å². The predicted octanol–water partition coefficient (Wildman–Crippen LogP) is 3.33. The normalized spacial score (nSPS) is 15.3. The highest BCUT2D eigenvalue weighted by Crippen LogP contribution is 2.35. The Labute approximate surface area is 189 Å². The number of aromatic amines is 1. The molecule has 0 aliphatic heterocycles. The van der Waals surface area contributed by atoms with Crippen molar-refractivity contribution in [3.8, 4) is 5.82 Å². The van der Waals surface area contributed by atoms with Crippen LogP contribution in [-0.2, 0) is 0 Å². The van der Waals surface area contributed by atoms with Gasteiger partial charge in [-0.05, 0) is 37.3 Å². The molecule has 0 saturated heterocycles. The quantitative estimate of drug-likeness (QED) is 0.615. The SMILES string of the molecule is Cc1ccc(C(NC(=O)c2cc(-n3ncc(=O)[nH]c3=O)ncc2Cl)C2CCCCC2)cc1. The lowest BCUT2D eigenvalue weighted by Gasteiger charge is -2.31. The number of aromatic nitrogens is 4. The number of aryl methyl sites for hydroxylation is 1. The first-order valence-electron chi connectivity index (χ1n) is 10.6. The molecule has 1 aliphatic rings. The van der Waals surface area contributed by atoms with E-state index in [1.54, 1.807) is 0 Å². The van der Waals surface area contributed by atoms with Gasteiger partial charge in [-0.15, -0.1) is 0 Å². The van der Waals surface area contributed by atoms with Crippen molar-refractivity contribution in [1.82, 2.24) is 25.1 Å². The molecule has 3 aromatic rings. The van der Waals surface area contributed by atoms with E-state index in [0.29, 0.717) is 5.92 Å². The summed E-state index contributed by atoms with van der Waals surface area (Å²) in [4.78, 5) is 42.9. The van der Waals surface area contributed by atoms with Crippen molar-refractivity contribution in [2.75, 3.05) is 0 Å². The van der Waals surface area contributed by atoms with Crippen molar-refractivity contribution >= 4 is 17.5 Å². The number of pyridine rings is 1. The molecule has 2 N–H and O–H groups in total. The number of hydrogen-bond acceptors (Lipinski definition) is 5. The molecule has 32 heavy (non-hydrogen) atoms. The average molecular weight is 454 g/mol. The summed E-state index contributed by atoms with van der Waals surface area (Å²) < 4.78 is 0.910. The summed E-state index contributed by atoms with van der Waals surface area (Å²) in [6.07, 6.45) is 7.86. The molecule has 1 aliphatic carbocycles. The summed E-state index contributed by atoms with van der Waals surface area (Å²) in [6.45, 7) is 2.03. The maximum Gasteiger partial charge on any atom is 0.351 e. The van der Waals surface area contributed by atoms with Crippen molar-refractivity contribution in [1.29, 1.82) is 0 Å². The van der Waals surface area contributed by atoms with E-state index in [2.05, 4.69) is 32.5 Å². The monoisotopic (exact) mass is 453 g/mol. The molecule has 0 bridgehead atoms. The summed E-state index contributed by atoms with van der Waals surface area (Å²) in [6, 6.07) is 9.45. The fourth-order valence-electron chi connectivity index (χ4n) is 4.17. The number of benzene rings is 1. The molecule has 9 heteroatoms. The van der Waals surface area contributed by atoms with Crippen molar-refractivity contribution < 1.29 is 4.79 Å². The Balaban J connectivity index is 1.66. The van der Waals surface area contributed by atoms with E-state index >= 15 is 0 Å². The second-order valence-electron chi connectivity index (χ2n) is 8.13. The van der Waals surface area contributed by atoms with Gasteiger partial charge < -0.3 is 5.32 Å². The van der Waals surface area contributed by atoms with Crippen LogP contribution in [0.3, 0.4) is 0 Å². The van der Waals surface area contributed by atoms with Crippen LogP contribution in [0.5, 0.6) is 0 Å². The highest BCUT2D eigenvalue weighted by atomic mass is 35.5. The van der Waals surface area contributed by atoms with E-state index in [4.69, 9.17) is 11.6 Å². The minimum absolute atomic E-state index is 0.0883. The zero-order chi connectivity index (χ0) is 22.7. The topological polar surface area (TPSA) is 110 Å². The number of halogens is 1. The number of nitrogens with one attached hydrogen (secondary N) is 2. The first kappa shape index (κ1) is 22.0. The molecule has 1 atom stereocenters. The number of amides is 1. The van der Waals surface area contributed by atoms with E-state index < -0.39 is 11.2 Å². The highest BCUT2D eigenvalue weighted by molar-refractivity contribution is 6.33. The van der Waals surface area contributed by atoms with E-state index in [1.807, 2.05) is 19.1 Å². The van der Waals surface area contributed by atoms with E-state index in [-0.39, 0.29) is 28.4 Å². The van der Waals surface area contributed by atoms with Crippen LogP contribution in [0.2, 0.25) is 5.02 Å². The molecule has 1 saturated carbocycles. The van der Waals surface area contributed by atoms with Crippen molar-refractivity contribution in [2.45, 2.75) is 45.1 Å². The van der Waals surface area contributed by atoms with Gasteiger partial charge in [0.25, 0.3) is 11.5 Å². The Morgan fingerprint density at radius 2 is 1.88 bits per heavy atom. The molecule has 1 aromatic carbocycles. The van der Waals surface area contributed by atoms with Gasteiger partial charge in [-0.25, -0.2) is 9.78 Å². The van der Waals surface area contributed by atoms with Crippen LogP contribution in [0.4, 0.5) is 0 Å². The van der Waals surface area contributed by atoms with Crippen molar-refractivity contribution in [3.63, 3.8) is 0 Å². The van der Waals surface area contributed by atoms with Gasteiger partial charge in [0, 0.05) is 6.20 Å². The Morgan fingerprint density at radius 1 is 1.16 bits per heavy atom. The predicted molar refractivity (Wildman–Crippen MR) is 121 cm³/mol. The van der Waals surface area contributed by atoms with Crippen LogP contribution in [0.1, 0.15) is 59.6 Å². The summed E-state index contributed by atoms with van der Waals surface area (Å²) >= 11 is 6.29. The largest absolute Gasteiger partial charge is 0.351 e.